The summed E-state index contributed by atoms with van der Waals surface area (Å²) in [5.74, 6) is 0.870. The van der Waals surface area contributed by atoms with Gasteiger partial charge in [0.15, 0.2) is 0 Å². The lowest BCUT2D eigenvalue weighted by atomic mass is 10.0. The van der Waals surface area contributed by atoms with Crippen LogP contribution in [0.4, 0.5) is 0 Å². The van der Waals surface area contributed by atoms with E-state index in [4.69, 9.17) is 0 Å². The maximum atomic E-state index is 3.51. The van der Waals surface area contributed by atoms with Gasteiger partial charge < -0.3 is 10.2 Å². The molecule has 1 aliphatic rings. The molecule has 0 spiro atoms. The lowest BCUT2D eigenvalue weighted by Gasteiger charge is -2.30. The highest BCUT2D eigenvalue weighted by molar-refractivity contribution is 5.51. The molecular formula is C19H32N2. The van der Waals surface area contributed by atoms with Crippen molar-refractivity contribution in [3.8, 4) is 0 Å². The van der Waals surface area contributed by atoms with Crippen LogP contribution in [0.2, 0.25) is 0 Å². The number of rotatable bonds is 5. The summed E-state index contributed by atoms with van der Waals surface area (Å²) in [5, 5.41) is 3.51. The fourth-order valence-electron chi connectivity index (χ4n) is 2.75. The number of hydrogen-bond donors (Lipinski definition) is 1. The van der Waals surface area contributed by atoms with Gasteiger partial charge in [0.1, 0.15) is 0 Å². The van der Waals surface area contributed by atoms with Crippen LogP contribution in [0.25, 0.3) is 6.08 Å². The Kier molecular flexibility index (Phi) is 8.84. The smallest absolute Gasteiger partial charge is 0.0271 e. The predicted molar refractivity (Wildman–Crippen MR) is 94.3 cm³/mol. The van der Waals surface area contributed by atoms with E-state index in [9.17, 15) is 0 Å². The monoisotopic (exact) mass is 288 g/mol. The van der Waals surface area contributed by atoms with Crippen molar-refractivity contribution in [1.82, 2.24) is 10.2 Å². The Morgan fingerprint density at radius 2 is 2.00 bits per heavy atom. The number of likely N-dealkylation sites (tertiary alicyclic amines) is 1. The van der Waals surface area contributed by atoms with Crippen LogP contribution in [0.15, 0.2) is 36.0 Å². The molecule has 0 aromatic heterocycles. The first-order valence-corrected chi connectivity index (χ1v) is 8.43. The van der Waals surface area contributed by atoms with E-state index in [0.717, 1.165) is 19.0 Å². The zero-order valence-electron chi connectivity index (χ0n) is 14.2. The van der Waals surface area contributed by atoms with Crippen molar-refractivity contribution >= 4 is 6.08 Å². The third-order valence-corrected chi connectivity index (χ3v) is 3.76. The lowest BCUT2D eigenvalue weighted by Crippen LogP contribution is -2.38. The molecule has 0 bridgehead atoms. The summed E-state index contributed by atoms with van der Waals surface area (Å²) >= 11 is 0. The Hall–Kier alpha value is -1.28. The molecule has 1 unspecified atom stereocenters. The third-order valence-electron chi connectivity index (χ3n) is 3.76. The summed E-state index contributed by atoms with van der Waals surface area (Å²) < 4.78 is 0. The number of nitrogens with zero attached hydrogens (tertiary/aromatic N) is 1. The van der Waals surface area contributed by atoms with E-state index in [0.29, 0.717) is 0 Å². The van der Waals surface area contributed by atoms with E-state index in [1.54, 1.807) is 0 Å². The van der Waals surface area contributed by atoms with Gasteiger partial charge in [-0.15, -0.1) is 0 Å². The van der Waals surface area contributed by atoms with Crippen molar-refractivity contribution in [2.45, 2.75) is 40.5 Å². The Balaban J connectivity index is 0.00000106. The first kappa shape index (κ1) is 17.8. The van der Waals surface area contributed by atoms with E-state index in [-0.39, 0.29) is 0 Å². The topological polar surface area (TPSA) is 15.3 Å². The number of piperidine rings is 1. The van der Waals surface area contributed by atoms with Gasteiger partial charge in [-0.05, 0) is 43.9 Å². The number of benzene rings is 1. The Bertz CT molecular complexity index is 397. The first-order chi connectivity index (χ1) is 10.2. The average Bonchev–Trinajstić information content (AvgIpc) is 2.50. The van der Waals surface area contributed by atoms with Crippen LogP contribution in [0, 0.1) is 5.92 Å². The normalized spacial score (nSPS) is 19.6. The van der Waals surface area contributed by atoms with Crippen molar-refractivity contribution in [3.05, 3.63) is 41.6 Å². The lowest BCUT2D eigenvalue weighted by molar-refractivity contribution is 0.186. The van der Waals surface area contributed by atoms with E-state index >= 15 is 0 Å². The van der Waals surface area contributed by atoms with Crippen molar-refractivity contribution < 1.29 is 0 Å². The minimum atomic E-state index is 0.870. The summed E-state index contributed by atoms with van der Waals surface area (Å²) in [5.41, 5.74) is 2.51. The highest BCUT2D eigenvalue weighted by Crippen LogP contribution is 2.14. The zero-order chi connectivity index (χ0) is 15.5. The second-order valence-electron chi connectivity index (χ2n) is 5.71. The molecule has 1 aromatic carbocycles. The number of nitrogens with one attached hydrogen (secondary N) is 1. The van der Waals surface area contributed by atoms with Gasteiger partial charge in [0.25, 0.3) is 0 Å². The van der Waals surface area contributed by atoms with Crippen LogP contribution >= 0.6 is 0 Å². The van der Waals surface area contributed by atoms with E-state index < -0.39 is 0 Å². The summed E-state index contributed by atoms with van der Waals surface area (Å²) in [7, 11) is 0. The molecule has 2 rings (SSSR count). The standard InChI is InChI=1S/C17H26N2.C2H6/c1-15-7-6-11-19(14-15)12-10-18-16(2)13-17-8-4-3-5-9-17;1-2/h3-5,8-9,13,15,18H,6-7,10-12,14H2,1-2H3;1-2H3/b16-13+;. The van der Waals surface area contributed by atoms with Crippen molar-refractivity contribution in [2.75, 3.05) is 26.2 Å². The third kappa shape index (κ3) is 7.33. The SMILES string of the molecule is C/C(=C\c1ccccc1)NCCN1CCCC(C)C1.CC. The fourth-order valence-corrected chi connectivity index (χ4v) is 2.75. The zero-order valence-corrected chi connectivity index (χ0v) is 14.2. The van der Waals surface area contributed by atoms with E-state index in [2.05, 4.69) is 60.5 Å². The van der Waals surface area contributed by atoms with Crippen molar-refractivity contribution in [2.24, 2.45) is 5.92 Å². The number of allylic oxidation sites excluding steroid dienone is 1. The minimum Gasteiger partial charge on any atom is -0.387 e. The van der Waals surface area contributed by atoms with Gasteiger partial charge in [-0.1, -0.05) is 51.1 Å². The van der Waals surface area contributed by atoms with Gasteiger partial charge in [-0.3, -0.25) is 0 Å². The van der Waals surface area contributed by atoms with Crippen LogP contribution < -0.4 is 5.32 Å². The summed E-state index contributed by atoms with van der Waals surface area (Å²) in [6.45, 7) is 13.2. The molecule has 0 radical (unpaired) electrons. The second kappa shape index (κ2) is 10.4. The second-order valence-corrected chi connectivity index (χ2v) is 5.71. The largest absolute Gasteiger partial charge is 0.387 e. The van der Waals surface area contributed by atoms with Gasteiger partial charge in [0.2, 0.25) is 0 Å². The molecule has 1 N–H and O–H groups in total. The molecule has 1 saturated heterocycles. The molecule has 0 aliphatic carbocycles. The van der Waals surface area contributed by atoms with Gasteiger partial charge in [0, 0.05) is 25.3 Å². The molecule has 1 aromatic rings. The van der Waals surface area contributed by atoms with Crippen LogP contribution in [0.3, 0.4) is 0 Å². The quantitative estimate of drug-likeness (QED) is 0.864. The molecule has 0 saturated carbocycles. The Labute approximate surface area is 131 Å². The molecule has 2 nitrogen and oxygen atoms in total. The number of hydrogen-bond acceptors (Lipinski definition) is 2. The van der Waals surface area contributed by atoms with E-state index in [1.165, 1.54) is 37.2 Å². The molecular weight excluding hydrogens is 256 g/mol. The molecule has 21 heavy (non-hydrogen) atoms. The van der Waals surface area contributed by atoms with Crippen LogP contribution in [-0.2, 0) is 0 Å². The van der Waals surface area contributed by atoms with Gasteiger partial charge in [-0.2, -0.15) is 0 Å². The fraction of sp³-hybridized carbons (Fsp3) is 0.579. The Morgan fingerprint density at radius 3 is 2.67 bits per heavy atom. The van der Waals surface area contributed by atoms with Crippen LogP contribution in [0.5, 0.6) is 0 Å². The summed E-state index contributed by atoms with van der Waals surface area (Å²) in [6, 6.07) is 10.5. The molecule has 1 aliphatic heterocycles. The molecule has 1 heterocycles. The van der Waals surface area contributed by atoms with Crippen LogP contribution in [0.1, 0.15) is 46.1 Å². The molecule has 118 valence electrons. The highest BCUT2D eigenvalue weighted by Gasteiger charge is 2.15. The molecule has 1 atom stereocenters. The summed E-state index contributed by atoms with van der Waals surface area (Å²) in [6.07, 6.45) is 4.97. The maximum absolute atomic E-state index is 3.51. The molecule has 2 heteroatoms. The van der Waals surface area contributed by atoms with Crippen molar-refractivity contribution in [3.63, 3.8) is 0 Å². The predicted octanol–water partition coefficient (Wildman–Crippen LogP) is 4.40. The summed E-state index contributed by atoms with van der Waals surface area (Å²) in [4.78, 5) is 2.58. The van der Waals surface area contributed by atoms with Gasteiger partial charge in [-0.25, -0.2) is 0 Å². The first-order valence-electron chi connectivity index (χ1n) is 8.43. The van der Waals surface area contributed by atoms with Crippen molar-refractivity contribution in [1.29, 1.82) is 0 Å². The maximum Gasteiger partial charge on any atom is 0.0271 e. The van der Waals surface area contributed by atoms with E-state index in [1.807, 2.05) is 13.8 Å². The molecule has 0 amide bonds. The average molecular weight is 288 g/mol. The molecule has 1 fully saturated rings. The van der Waals surface area contributed by atoms with Gasteiger partial charge >= 0.3 is 0 Å². The van der Waals surface area contributed by atoms with Crippen LogP contribution in [-0.4, -0.2) is 31.1 Å². The highest BCUT2D eigenvalue weighted by atomic mass is 15.1. The van der Waals surface area contributed by atoms with Gasteiger partial charge in [0.05, 0.1) is 0 Å². The minimum absolute atomic E-state index is 0.870. The Morgan fingerprint density at radius 1 is 1.29 bits per heavy atom.